The van der Waals surface area contributed by atoms with E-state index in [-0.39, 0.29) is 0 Å². The SMILES string of the molecule is COc1cc(OC)c(C(C#N)OC(C)C(C)O)cc1OC. The van der Waals surface area contributed by atoms with E-state index in [0.717, 1.165) is 0 Å². The predicted octanol–water partition coefficient (Wildman–Crippen LogP) is 2.06. The van der Waals surface area contributed by atoms with Gasteiger partial charge in [-0.05, 0) is 19.9 Å². The Hall–Kier alpha value is -1.97. The summed E-state index contributed by atoms with van der Waals surface area (Å²) in [5.74, 6) is 1.43. The number of rotatable bonds is 7. The summed E-state index contributed by atoms with van der Waals surface area (Å²) in [6.45, 7) is 3.30. The minimum atomic E-state index is -0.885. The van der Waals surface area contributed by atoms with Crippen molar-refractivity contribution in [1.29, 1.82) is 5.26 Å². The van der Waals surface area contributed by atoms with Crippen LogP contribution in [0.3, 0.4) is 0 Å². The fourth-order valence-electron chi connectivity index (χ4n) is 1.76. The summed E-state index contributed by atoms with van der Waals surface area (Å²) in [5, 5.41) is 18.8. The van der Waals surface area contributed by atoms with Gasteiger partial charge in [0.05, 0.1) is 39.6 Å². The van der Waals surface area contributed by atoms with E-state index < -0.39 is 18.3 Å². The van der Waals surface area contributed by atoms with Crippen LogP contribution in [0, 0.1) is 11.3 Å². The van der Waals surface area contributed by atoms with Gasteiger partial charge in [0.15, 0.2) is 17.6 Å². The lowest BCUT2D eigenvalue weighted by atomic mass is 10.1. The Morgan fingerprint density at radius 2 is 1.52 bits per heavy atom. The van der Waals surface area contributed by atoms with E-state index in [2.05, 4.69) is 6.07 Å². The molecule has 0 aromatic heterocycles. The van der Waals surface area contributed by atoms with Crippen LogP contribution in [0.2, 0.25) is 0 Å². The summed E-state index contributed by atoms with van der Waals surface area (Å²) < 4.78 is 21.3. The van der Waals surface area contributed by atoms with E-state index in [4.69, 9.17) is 18.9 Å². The number of hydrogen-bond acceptors (Lipinski definition) is 6. The van der Waals surface area contributed by atoms with Gasteiger partial charge >= 0.3 is 0 Å². The number of aliphatic hydroxyl groups is 1. The number of benzene rings is 1. The fraction of sp³-hybridized carbons (Fsp3) is 0.533. The normalized spacial score (nSPS) is 14.7. The molecular formula is C15H21NO5. The van der Waals surface area contributed by atoms with E-state index in [1.165, 1.54) is 21.3 Å². The molecule has 0 saturated carbocycles. The molecule has 0 aliphatic carbocycles. The molecule has 116 valence electrons. The number of nitrogens with zero attached hydrogens (tertiary/aromatic N) is 1. The molecular weight excluding hydrogens is 274 g/mol. The van der Waals surface area contributed by atoms with Crippen LogP contribution in [0.25, 0.3) is 0 Å². The highest BCUT2D eigenvalue weighted by atomic mass is 16.5. The lowest BCUT2D eigenvalue weighted by Gasteiger charge is -2.22. The van der Waals surface area contributed by atoms with Crippen LogP contribution in [0.15, 0.2) is 12.1 Å². The second-order valence-electron chi connectivity index (χ2n) is 4.54. The first-order valence-electron chi connectivity index (χ1n) is 6.51. The topological polar surface area (TPSA) is 80.9 Å². The van der Waals surface area contributed by atoms with Gasteiger partial charge < -0.3 is 24.1 Å². The van der Waals surface area contributed by atoms with Gasteiger partial charge in [0.25, 0.3) is 0 Å². The molecule has 0 aliphatic heterocycles. The highest BCUT2D eigenvalue weighted by molar-refractivity contribution is 5.52. The Balaban J connectivity index is 3.22. The first-order valence-corrected chi connectivity index (χ1v) is 6.51. The molecule has 21 heavy (non-hydrogen) atoms. The molecule has 1 rings (SSSR count). The summed E-state index contributed by atoms with van der Waals surface area (Å²) in [6, 6.07) is 5.33. The maximum atomic E-state index is 9.51. The summed E-state index contributed by atoms with van der Waals surface area (Å²) in [5.41, 5.74) is 0.519. The average molecular weight is 295 g/mol. The van der Waals surface area contributed by atoms with Crippen molar-refractivity contribution < 1.29 is 24.1 Å². The molecule has 0 radical (unpaired) electrons. The van der Waals surface area contributed by atoms with Gasteiger partial charge in [-0.25, -0.2) is 0 Å². The van der Waals surface area contributed by atoms with Crippen LogP contribution >= 0.6 is 0 Å². The molecule has 0 fully saturated rings. The first-order chi connectivity index (χ1) is 9.98. The minimum Gasteiger partial charge on any atom is -0.496 e. The van der Waals surface area contributed by atoms with Crippen molar-refractivity contribution >= 4 is 0 Å². The van der Waals surface area contributed by atoms with Crippen molar-refractivity contribution in [2.45, 2.75) is 32.2 Å². The molecule has 1 aromatic carbocycles. The maximum absolute atomic E-state index is 9.51. The Kier molecular flexibility index (Phi) is 6.28. The van der Waals surface area contributed by atoms with Crippen LogP contribution in [0.1, 0.15) is 25.5 Å². The average Bonchev–Trinajstić information content (AvgIpc) is 2.50. The largest absolute Gasteiger partial charge is 0.496 e. The molecule has 6 heteroatoms. The Morgan fingerprint density at radius 1 is 1.00 bits per heavy atom. The van der Waals surface area contributed by atoms with E-state index in [1.54, 1.807) is 26.0 Å². The molecule has 1 N–H and O–H groups in total. The second kappa shape index (κ2) is 7.72. The number of methoxy groups -OCH3 is 3. The van der Waals surface area contributed by atoms with Gasteiger partial charge in [0.2, 0.25) is 0 Å². The molecule has 0 aliphatic rings. The highest BCUT2D eigenvalue weighted by Gasteiger charge is 2.23. The third-order valence-corrected chi connectivity index (χ3v) is 3.17. The molecule has 0 bridgehead atoms. The number of aliphatic hydroxyl groups excluding tert-OH is 1. The van der Waals surface area contributed by atoms with Gasteiger partial charge in [-0.15, -0.1) is 0 Å². The molecule has 3 atom stereocenters. The molecule has 3 unspecified atom stereocenters. The summed E-state index contributed by atoms with van der Waals surface area (Å²) in [4.78, 5) is 0. The van der Waals surface area contributed by atoms with Gasteiger partial charge in [-0.3, -0.25) is 0 Å². The Morgan fingerprint density at radius 3 is 1.95 bits per heavy atom. The van der Waals surface area contributed by atoms with Gasteiger partial charge in [0, 0.05) is 11.6 Å². The minimum absolute atomic E-state index is 0.456. The number of hydrogen-bond donors (Lipinski definition) is 1. The number of nitriles is 1. The second-order valence-corrected chi connectivity index (χ2v) is 4.54. The third kappa shape index (κ3) is 4.00. The third-order valence-electron chi connectivity index (χ3n) is 3.17. The van der Waals surface area contributed by atoms with Crippen LogP contribution in [-0.2, 0) is 4.74 Å². The van der Waals surface area contributed by atoms with Gasteiger partial charge in [-0.2, -0.15) is 5.26 Å². The summed E-state index contributed by atoms with van der Waals surface area (Å²) in [7, 11) is 4.52. The zero-order valence-electron chi connectivity index (χ0n) is 12.9. The zero-order chi connectivity index (χ0) is 16.0. The van der Waals surface area contributed by atoms with Crippen molar-refractivity contribution in [3.05, 3.63) is 17.7 Å². The van der Waals surface area contributed by atoms with Crippen LogP contribution in [0.4, 0.5) is 0 Å². The standard InChI is InChI=1S/C15H21NO5/c1-9(17)10(2)21-15(8-16)11-6-13(19-4)14(20-5)7-12(11)18-3/h6-7,9-10,15,17H,1-5H3. The quantitative estimate of drug-likeness (QED) is 0.829. The molecule has 1 aromatic rings. The van der Waals surface area contributed by atoms with E-state index in [9.17, 15) is 10.4 Å². The van der Waals surface area contributed by atoms with E-state index in [0.29, 0.717) is 22.8 Å². The van der Waals surface area contributed by atoms with Gasteiger partial charge in [-0.1, -0.05) is 0 Å². The van der Waals surface area contributed by atoms with Crippen LogP contribution in [-0.4, -0.2) is 38.6 Å². The Labute approximate surface area is 124 Å². The van der Waals surface area contributed by atoms with Crippen molar-refractivity contribution in [3.63, 3.8) is 0 Å². The van der Waals surface area contributed by atoms with Crippen molar-refractivity contribution in [1.82, 2.24) is 0 Å². The molecule has 6 nitrogen and oxygen atoms in total. The fourth-order valence-corrected chi connectivity index (χ4v) is 1.76. The molecule has 0 saturated heterocycles. The lowest BCUT2D eigenvalue weighted by molar-refractivity contribution is -0.0432. The molecule has 0 amide bonds. The smallest absolute Gasteiger partial charge is 0.173 e. The zero-order valence-corrected chi connectivity index (χ0v) is 12.9. The van der Waals surface area contributed by atoms with E-state index in [1.807, 2.05) is 0 Å². The highest BCUT2D eigenvalue weighted by Crippen LogP contribution is 2.38. The first kappa shape index (κ1) is 17.1. The summed E-state index contributed by atoms with van der Waals surface area (Å²) >= 11 is 0. The predicted molar refractivity (Wildman–Crippen MR) is 76.7 cm³/mol. The molecule has 0 heterocycles. The van der Waals surface area contributed by atoms with Crippen molar-refractivity contribution in [2.75, 3.05) is 21.3 Å². The monoisotopic (exact) mass is 295 g/mol. The van der Waals surface area contributed by atoms with Crippen molar-refractivity contribution in [2.24, 2.45) is 0 Å². The van der Waals surface area contributed by atoms with Crippen LogP contribution < -0.4 is 14.2 Å². The van der Waals surface area contributed by atoms with Crippen LogP contribution in [0.5, 0.6) is 17.2 Å². The van der Waals surface area contributed by atoms with E-state index >= 15 is 0 Å². The lowest BCUT2D eigenvalue weighted by Crippen LogP contribution is -2.24. The number of ether oxygens (including phenoxy) is 4. The molecule has 0 spiro atoms. The van der Waals surface area contributed by atoms with Gasteiger partial charge in [0.1, 0.15) is 5.75 Å². The maximum Gasteiger partial charge on any atom is 0.173 e. The Bertz CT molecular complexity index is 510. The van der Waals surface area contributed by atoms with Crippen molar-refractivity contribution in [3.8, 4) is 23.3 Å². The summed E-state index contributed by atoms with van der Waals surface area (Å²) in [6.07, 6.45) is -2.07.